The molecule has 0 saturated carbocycles. The Kier molecular flexibility index (Phi) is 4.01. The van der Waals surface area contributed by atoms with Gasteiger partial charge in [-0.25, -0.2) is 4.79 Å². The lowest BCUT2D eigenvalue weighted by Crippen LogP contribution is -1.95. The van der Waals surface area contributed by atoms with E-state index in [1.165, 1.54) is 0 Å². The molecule has 0 aliphatic heterocycles. The van der Waals surface area contributed by atoms with E-state index in [0.717, 1.165) is 46.4 Å². The molecule has 1 aliphatic carbocycles. The highest BCUT2D eigenvalue weighted by atomic mass is 16.6. The van der Waals surface area contributed by atoms with E-state index in [1.807, 2.05) is 12.1 Å². The number of aryl methyl sites for hydroxylation is 1. The Balaban J connectivity index is 1.84. The summed E-state index contributed by atoms with van der Waals surface area (Å²) in [5.74, 6) is -0.662. The maximum atomic E-state index is 11.4. The molecule has 0 radical (unpaired) electrons. The first-order valence-electron chi connectivity index (χ1n) is 8.18. The number of hydrogen-bond donors (Lipinski definition) is 1. The van der Waals surface area contributed by atoms with E-state index in [2.05, 4.69) is 16.2 Å². The topological polar surface area (TPSA) is 84.9 Å². The standard InChI is InChI=1S/C20H16N2O4/c1-25-22-17-5-3-13-10-14(2-4-15(13)17)16-11-18(20(23)24)26-19(16)12-6-8-21-9-7-12/h2,4,6-11H,3,5H2,1H3,(H,23,24)/b22-17-. The van der Waals surface area contributed by atoms with Crippen molar-refractivity contribution in [1.29, 1.82) is 0 Å². The highest BCUT2D eigenvalue weighted by Gasteiger charge is 2.22. The third-order valence-corrected chi connectivity index (χ3v) is 4.45. The Bertz CT molecular complexity index is 1010. The van der Waals surface area contributed by atoms with Crippen LogP contribution in [0.3, 0.4) is 0 Å². The van der Waals surface area contributed by atoms with Crippen LogP contribution in [0.4, 0.5) is 0 Å². The Labute approximate surface area is 149 Å². The second-order valence-electron chi connectivity index (χ2n) is 5.99. The molecule has 0 atom stereocenters. The highest BCUT2D eigenvalue weighted by molar-refractivity contribution is 6.05. The molecule has 0 unspecified atom stereocenters. The van der Waals surface area contributed by atoms with Crippen molar-refractivity contribution in [3.05, 3.63) is 65.7 Å². The fourth-order valence-electron chi connectivity index (χ4n) is 3.27. The lowest BCUT2D eigenvalue weighted by atomic mass is 9.98. The molecule has 130 valence electrons. The van der Waals surface area contributed by atoms with Crippen molar-refractivity contribution >= 4 is 11.7 Å². The van der Waals surface area contributed by atoms with E-state index in [-0.39, 0.29) is 5.76 Å². The molecule has 6 nitrogen and oxygen atoms in total. The largest absolute Gasteiger partial charge is 0.475 e. The van der Waals surface area contributed by atoms with Gasteiger partial charge in [0, 0.05) is 29.1 Å². The molecule has 6 heteroatoms. The number of carboxylic acids is 1. The van der Waals surface area contributed by atoms with Crippen LogP contribution in [0.15, 0.2) is 58.4 Å². The van der Waals surface area contributed by atoms with E-state index < -0.39 is 5.97 Å². The van der Waals surface area contributed by atoms with Crippen molar-refractivity contribution < 1.29 is 19.2 Å². The Hall–Kier alpha value is -3.41. The third-order valence-electron chi connectivity index (χ3n) is 4.45. The number of aromatic nitrogens is 1. The lowest BCUT2D eigenvalue weighted by Gasteiger charge is -2.06. The van der Waals surface area contributed by atoms with E-state index in [9.17, 15) is 9.90 Å². The minimum Gasteiger partial charge on any atom is -0.475 e. The normalized spacial score (nSPS) is 14.4. The van der Waals surface area contributed by atoms with Gasteiger partial charge in [-0.15, -0.1) is 0 Å². The predicted molar refractivity (Wildman–Crippen MR) is 96.2 cm³/mol. The molecule has 0 spiro atoms. The van der Waals surface area contributed by atoms with E-state index in [0.29, 0.717) is 5.76 Å². The number of pyridine rings is 1. The van der Waals surface area contributed by atoms with Crippen molar-refractivity contribution in [1.82, 2.24) is 4.98 Å². The van der Waals surface area contributed by atoms with Crippen molar-refractivity contribution in [3.63, 3.8) is 0 Å². The van der Waals surface area contributed by atoms with Crippen LogP contribution in [-0.4, -0.2) is 28.9 Å². The summed E-state index contributed by atoms with van der Waals surface area (Å²) < 4.78 is 5.62. The van der Waals surface area contributed by atoms with E-state index in [4.69, 9.17) is 9.25 Å². The van der Waals surface area contributed by atoms with Gasteiger partial charge in [-0.1, -0.05) is 23.4 Å². The van der Waals surface area contributed by atoms with Crippen LogP contribution < -0.4 is 0 Å². The second kappa shape index (κ2) is 6.48. The van der Waals surface area contributed by atoms with Gasteiger partial charge in [0.25, 0.3) is 0 Å². The van der Waals surface area contributed by atoms with Gasteiger partial charge < -0.3 is 14.4 Å². The third kappa shape index (κ3) is 2.75. The summed E-state index contributed by atoms with van der Waals surface area (Å²) in [4.78, 5) is 20.3. The van der Waals surface area contributed by atoms with E-state index in [1.54, 1.807) is 37.7 Å². The first kappa shape index (κ1) is 16.1. The van der Waals surface area contributed by atoms with Crippen molar-refractivity contribution in [2.75, 3.05) is 7.11 Å². The zero-order chi connectivity index (χ0) is 18.1. The summed E-state index contributed by atoms with van der Waals surface area (Å²) in [5.41, 5.74) is 5.60. The minimum absolute atomic E-state index is 0.0889. The predicted octanol–water partition coefficient (Wildman–Crippen LogP) is 4.00. The lowest BCUT2D eigenvalue weighted by molar-refractivity contribution is 0.0663. The molecule has 26 heavy (non-hydrogen) atoms. The number of oxime groups is 1. The minimum atomic E-state index is -1.10. The van der Waals surface area contributed by atoms with Crippen LogP contribution >= 0.6 is 0 Å². The molecule has 1 aromatic carbocycles. The second-order valence-corrected chi connectivity index (χ2v) is 5.99. The number of aromatic carboxylic acids is 1. The van der Waals surface area contributed by atoms with Crippen molar-refractivity contribution in [2.45, 2.75) is 12.8 Å². The van der Waals surface area contributed by atoms with Crippen molar-refractivity contribution in [2.24, 2.45) is 5.16 Å². The number of rotatable bonds is 4. The number of furan rings is 1. The summed E-state index contributed by atoms with van der Waals surface area (Å²) in [6.07, 6.45) is 5.01. The smallest absolute Gasteiger partial charge is 0.371 e. The van der Waals surface area contributed by atoms with Crippen LogP contribution in [0, 0.1) is 0 Å². The molecule has 4 rings (SSSR count). The molecule has 3 aromatic rings. The maximum Gasteiger partial charge on any atom is 0.371 e. The van der Waals surface area contributed by atoms with Gasteiger partial charge in [-0.05, 0) is 42.2 Å². The average molecular weight is 348 g/mol. The summed E-state index contributed by atoms with van der Waals surface area (Å²) in [6.45, 7) is 0. The van der Waals surface area contributed by atoms with E-state index >= 15 is 0 Å². The van der Waals surface area contributed by atoms with Gasteiger partial charge in [0.1, 0.15) is 12.9 Å². The van der Waals surface area contributed by atoms with Gasteiger partial charge in [0.15, 0.2) is 0 Å². The first-order chi connectivity index (χ1) is 12.7. The summed E-state index contributed by atoms with van der Waals surface area (Å²) in [7, 11) is 1.54. The molecule has 2 heterocycles. The molecule has 0 fully saturated rings. The quantitative estimate of drug-likeness (QED) is 0.720. The fourth-order valence-corrected chi connectivity index (χ4v) is 3.27. The van der Waals surface area contributed by atoms with Crippen molar-refractivity contribution in [3.8, 4) is 22.5 Å². The number of hydrogen-bond acceptors (Lipinski definition) is 5. The maximum absolute atomic E-state index is 11.4. The fraction of sp³-hybridized carbons (Fsp3) is 0.150. The summed E-state index contributed by atoms with van der Waals surface area (Å²) >= 11 is 0. The molecule has 1 aliphatic rings. The Morgan fingerprint density at radius 3 is 2.65 bits per heavy atom. The van der Waals surface area contributed by atoms with Crippen LogP contribution in [0.1, 0.15) is 28.1 Å². The highest BCUT2D eigenvalue weighted by Crippen LogP contribution is 2.37. The number of nitrogens with zero attached hydrogens (tertiary/aromatic N) is 2. The van der Waals surface area contributed by atoms with Gasteiger partial charge in [0.2, 0.25) is 5.76 Å². The number of carbonyl (C=O) groups is 1. The average Bonchev–Trinajstić information content (AvgIpc) is 3.27. The molecule has 0 amide bonds. The Morgan fingerprint density at radius 2 is 1.92 bits per heavy atom. The molecule has 1 N–H and O–H groups in total. The summed E-state index contributed by atoms with van der Waals surface area (Å²) in [5, 5.41) is 13.4. The zero-order valence-corrected chi connectivity index (χ0v) is 14.1. The van der Waals surface area contributed by atoms with Gasteiger partial charge in [-0.2, -0.15) is 0 Å². The van der Waals surface area contributed by atoms with Crippen LogP contribution in [-0.2, 0) is 11.3 Å². The van der Waals surface area contributed by atoms with Crippen LogP contribution in [0.2, 0.25) is 0 Å². The number of benzene rings is 1. The SMILES string of the molecule is CO/N=C1/CCc2cc(-c3cc(C(=O)O)oc3-c3ccncc3)ccc21. The molecule has 0 bridgehead atoms. The molecular weight excluding hydrogens is 332 g/mol. The summed E-state index contributed by atoms with van der Waals surface area (Å²) in [6, 6.07) is 11.2. The first-order valence-corrected chi connectivity index (χ1v) is 8.18. The number of carboxylic acid groups (broad SMARTS) is 1. The van der Waals surface area contributed by atoms with Crippen LogP contribution in [0.25, 0.3) is 22.5 Å². The zero-order valence-electron chi connectivity index (χ0n) is 14.1. The van der Waals surface area contributed by atoms with Gasteiger partial charge in [0.05, 0.1) is 5.71 Å². The Morgan fingerprint density at radius 1 is 1.12 bits per heavy atom. The van der Waals surface area contributed by atoms with Gasteiger partial charge >= 0.3 is 5.97 Å². The van der Waals surface area contributed by atoms with Crippen LogP contribution in [0.5, 0.6) is 0 Å². The molecule has 2 aromatic heterocycles. The van der Waals surface area contributed by atoms with Gasteiger partial charge in [-0.3, -0.25) is 4.98 Å². The molecular formula is C20H16N2O4. The molecule has 0 saturated heterocycles. The monoisotopic (exact) mass is 348 g/mol. The number of fused-ring (bicyclic) bond motifs is 1.